The van der Waals surface area contributed by atoms with Gasteiger partial charge in [-0.1, -0.05) is 0 Å². The number of hydrogen-bond acceptors (Lipinski definition) is 3. The molecule has 0 bridgehead atoms. The standard InChI is InChI=1S/C12H9F4N3/c13-9-3-7(5-17)6-19-11(9)8-1-2-18-10(4-8)12(14,15)16/h1-4,6H,5,17H2. The highest BCUT2D eigenvalue weighted by Gasteiger charge is 2.32. The molecule has 2 N–H and O–H groups in total. The summed E-state index contributed by atoms with van der Waals surface area (Å²) in [5, 5.41) is 0. The van der Waals surface area contributed by atoms with Gasteiger partial charge in [-0.3, -0.25) is 9.97 Å². The molecule has 100 valence electrons. The molecule has 2 aromatic heterocycles. The summed E-state index contributed by atoms with van der Waals surface area (Å²) in [7, 11) is 0. The highest BCUT2D eigenvalue weighted by atomic mass is 19.4. The largest absolute Gasteiger partial charge is 0.433 e. The normalized spacial score (nSPS) is 11.6. The third kappa shape index (κ3) is 2.87. The summed E-state index contributed by atoms with van der Waals surface area (Å²) in [5.74, 6) is -0.720. The lowest BCUT2D eigenvalue weighted by Crippen LogP contribution is -2.08. The summed E-state index contributed by atoms with van der Waals surface area (Å²) in [6.07, 6.45) is -2.29. The van der Waals surface area contributed by atoms with Crippen molar-refractivity contribution in [2.24, 2.45) is 5.73 Å². The van der Waals surface area contributed by atoms with Crippen LogP contribution in [-0.2, 0) is 12.7 Å². The van der Waals surface area contributed by atoms with Crippen molar-refractivity contribution in [3.8, 4) is 11.3 Å². The van der Waals surface area contributed by atoms with Crippen LogP contribution in [0.5, 0.6) is 0 Å². The molecule has 0 amide bonds. The van der Waals surface area contributed by atoms with Crippen molar-refractivity contribution in [3.05, 3.63) is 47.7 Å². The zero-order valence-electron chi connectivity index (χ0n) is 9.58. The van der Waals surface area contributed by atoms with Crippen molar-refractivity contribution in [1.82, 2.24) is 9.97 Å². The second-order valence-corrected chi connectivity index (χ2v) is 3.81. The van der Waals surface area contributed by atoms with Crippen LogP contribution in [0, 0.1) is 5.82 Å². The van der Waals surface area contributed by atoms with Gasteiger partial charge in [0.05, 0.1) is 0 Å². The Bertz CT molecular complexity index is 596. The fourth-order valence-corrected chi connectivity index (χ4v) is 1.53. The number of alkyl halides is 3. The fraction of sp³-hybridized carbons (Fsp3) is 0.167. The average molecular weight is 271 g/mol. The van der Waals surface area contributed by atoms with Gasteiger partial charge in [-0.05, 0) is 23.8 Å². The first-order valence-corrected chi connectivity index (χ1v) is 5.30. The van der Waals surface area contributed by atoms with Gasteiger partial charge in [0.2, 0.25) is 0 Å². The van der Waals surface area contributed by atoms with Crippen LogP contribution >= 0.6 is 0 Å². The molecule has 0 atom stereocenters. The Morgan fingerprint density at radius 2 is 1.89 bits per heavy atom. The summed E-state index contributed by atoms with van der Waals surface area (Å²) in [6, 6.07) is 3.17. The Kier molecular flexibility index (Phi) is 3.48. The van der Waals surface area contributed by atoms with Crippen LogP contribution in [0.25, 0.3) is 11.3 Å². The van der Waals surface area contributed by atoms with Gasteiger partial charge in [0.1, 0.15) is 17.2 Å². The maximum absolute atomic E-state index is 13.7. The van der Waals surface area contributed by atoms with Gasteiger partial charge in [-0.15, -0.1) is 0 Å². The van der Waals surface area contributed by atoms with E-state index in [1.54, 1.807) is 0 Å². The van der Waals surface area contributed by atoms with Gasteiger partial charge < -0.3 is 5.73 Å². The van der Waals surface area contributed by atoms with Gasteiger partial charge in [0.25, 0.3) is 0 Å². The topological polar surface area (TPSA) is 51.8 Å². The van der Waals surface area contributed by atoms with Crippen LogP contribution in [0.2, 0.25) is 0 Å². The van der Waals surface area contributed by atoms with Crippen molar-refractivity contribution in [3.63, 3.8) is 0 Å². The molecule has 0 aliphatic rings. The van der Waals surface area contributed by atoms with Crippen LogP contribution < -0.4 is 5.73 Å². The molecule has 0 aliphatic carbocycles. The van der Waals surface area contributed by atoms with E-state index in [0.717, 1.165) is 18.3 Å². The number of hydrogen-bond donors (Lipinski definition) is 1. The molecule has 7 heteroatoms. The Hall–Kier alpha value is -2.02. The predicted octanol–water partition coefficient (Wildman–Crippen LogP) is 2.76. The van der Waals surface area contributed by atoms with Gasteiger partial charge in [-0.25, -0.2) is 4.39 Å². The Labute approximate surface area is 106 Å². The number of nitrogens with zero attached hydrogens (tertiary/aromatic N) is 2. The highest BCUT2D eigenvalue weighted by Crippen LogP contribution is 2.30. The van der Waals surface area contributed by atoms with Crippen molar-refractivity contribution in [2.75, 3.05) is 0 Å². The summed E-state index contributed by atoms with van der Waals surface area (Å²) in [5.41, 5.74) is 4.55. The second-order valence-electron chi connectivity index (χ2n) is 3.81. The van der Waals surface area contributed by atoms with Crippen LogP contribution in [0.3, 0.4) is 0 Å². The van der Waals surface area contributed by atoms with Crippen molar-refractivity contribution in [1.29, 1.82) is 0 Å². The van der Waals surface area contributed by atoms with Gasteiger partial charge in [0, 0.05) is 24.5 Å². The molecule has 0 fully saturated rings. The van der Waals surface area contributed by atoms with E-state index in [9.17, 15) is 17.6 Å². The van der Waals surface area contributed by atoms with Gasteiger partial charge >= 0.3 is 6.18 Å². The highest BCUT2D eigenvalue weighted by molar-refractivity contribution is 5.60. The minimum atomic E-state index is -4.58. The van der Waals surface area contributed by atoms with Crippen molar-refractivity contribution >= 4 is 0 Å². The molecule has 3 nitrogen and oxygen atoms in total. The third-order valence-electron chi connectivity index (χ3n) is 2.46. The van der Waals surface area contributed by atoms with E-state index in [4.69, 9.17) is 5.73 Å². The van der Waals surface area contributed by atoms with Gasteiger partial charge in [0.15, 0.2) is 0 Å². The molecule has 2 aromatic rings. The number of halogens is 4. The van der Waals surface area contributed by atoms with E-state index >= 15 is 0 Å². The maximum atomic E-state index is 13.7. The Morgan fingerprint density at radius 1 is 1.16 bits per heavy atom. The third-order valence-corrected chi connectivity index (χ3v) is 2.46. The molecule has 0 unspecified atom stereocenters. The molecule has 0 aromatic carbocycles. The van der Waals surface area contributed by atoms with Crippen LogP contribution in [-0.4, -0.2) is 9.97 Å². The summed E-state index contributed by atoms with van der Waals surface area (Å²) in [4.78, 5) is 7.00. The molecular formula is C12H9F4N3. The molecule has 0 aliphatic heterocycles. The van der Waals surface area contributed by atoms with E-state index in [1.807, 2.05) is 0 Å². The zero-order chi connectivity index (χ0) is 14.0. The Balaban J connectivity index is 2.48. The fourth-order valence-electron chi connectivity index (χ4n) is 1.53. The van der Waals surface area contributed by atoms with E-state index in [2.05, 4.69) is 9.97 Å². The molecule has 0 saturated carbocycles. The minimum Gasteiger partial charge on any atom is -0.326 e. The quantitative estimate of drug-likeness (QED) is 0.854. The first-order valence-electron chi connectivity index (χ1n) is 5.30. The van der Waals surface area contributed by atoms with E-state index in [1.165, 1.54) is 12.3 Å². The lowest BCUT2D eigenvalue weighted by molar-refractivity contribution is -0.141. The maximum Gasteiger partial charge on any atom is 0.433 e. The predicted molar refractivity (Wildman–Crippen MR) is 60.3 cm³/mol. The van der Waals surface area contributed by atoms with Crippen LogP contribution in [0.15, 0.2) is 30.6 Å². The summed E-state index contributed by atoms with van der Waals surface area (Å²) in [6.45, 7) is 0.106. The number of aromatic nitrogens is 2. The lowest BCUT2D eigenvalue weighted by atomic mass is 10.1. The summed E-state index contributed by atoms with van der Waals surface area (Å²) >= 11 is 0. The second kappa shape index (κ2) is 4.93. The van der Waals surface area contributed by atoms with Crippen molar-refractivity contribution in [2.45, 2.75) is 12.7 Å². The first-order chi connectivity index (χ1) is 8.91. The number of pyridine rings is 2. The SMILES string of the molecule is NCc1cnc(-c2ccnc(C(F)(F)F)c2)c(F)c1. The Morgan fingerprint density at radius 3 is 2.47 bits per heavy atom. The first kappa shape index (κ1) is 13.4. The van der Waals surface area contributed by atoms with E-state index < -0.39 is 17.7 Å². The lowest BCUT2D eigenvalue weighted by Gasteiger charge is -2.08. The zero-order valence-corrected chi connectivity index (χ0v) is 9.58. The summed E-state index contributed by atoms with van der Waals surface area (Å²) < 4.78 is 51.3. The number of rotatable bonds is 2. The monoisotopic (exact) mass is 271 g/mol. The van der Waals surface area contributed by atoms with E-state index in [-0.39, 0.29) is 17.8 Å². The number of nitrogens with two attached hydrogens (primary N) is 1. The van der Waals surface area contributed by atoms with E-state index in [0.29, 0.717) is 5.56 Å². The molecule has 2 heterocycles. The average Bonchev–Trinajstić information content (AvgIpc) is 2.37. The molecule has 0 spiro atoms. The van der Waals surface area contributed by atoms with Crippen LogP contribution in [0.4, 0.5) is 17.6 Å². The molecule has 0 radical (unpaired) electrons. The minimum absolute atomic E-state index is 0.0170. The molecular weight excluding hydrogens is 262 g/mol. The van der Waals surface area contributed by atoms with Crippen molar-refractivity contribution < 1.29 is 17.6 Å². The molecule has 2 rings (SSSR count). The molecule has 19 heavy (non-hydrogen) atoms. The molecule has 0 saturated heterocycles. The smallest absolute Gasteiger partial charge is 0.326 e. The van der Waals surface area contributed by atoms with Gasteiger partial charge in [-0.2, -0.15) is 13.2 Å². The van der Waals surface area contributed by atoms with Crippen LogP contribution in [0.1, 0.15) is 11.3 Å².